The average molecular weight is 413 g/mol. The molecule has 9 heteroatoms. The summed E-state index contributed by atoms with van der Waals surface area (Å²) < 4.78 is 32.3. The van der Waals surface area contributed by atoms with E-state index >= 15 is 0 Å². The number of hydrogen-bond acceptors (Lipinski definition) is 4. The Hall–Kier alpha value is -1.87. The number of nitrogens with zero attached hydrogens (tertiary/aromatic N) is 1. The van der Waals surface area contributed by atoms with E-state index in [1.807, 2.05) is 6.07 Å². The van der Waals surface area contributed by atoms with Crippen LogP contribution in [0, 0.1) is 0 Å². The first-order chi connectivity index (χ1) is 13.0. The van der Waals surface area contributed by atoms with Gasteiger partial charge in [-0.1, -0.05) is 18.0 Å². The lowest BCUT2D eigenvalue weighted by Crippen LogP contribution is -2.84. The first kappa shape index (κ1) is 19.9. The zero-order valence-corrected chi connectivity index (χ0v) is 16.4. The fraction of sp³-hybridized carbons (Fsp3) is 0.389. The number of nitrogens with one attached hydrogen (secondary N) is 1. The number of amides is 1. The van der Waals surface area contributed by atoms with Gasteiger partial charge in [0.15, 0.2) is 12.3 Å². The van der Waals surface area contributed by atoms with Gasteiger partial charge in [0.2, 0.25) is 10.0 Å². The van der Waals surface area contributed by atoms with E-state index in [1.54, 1.807) is 17.6 Å². The van der Waals surface area contributed by atoms with Crippen LogP contribution < -0.4 is 10.6 Å². The van der Waals surface area contributed by atoms with Crippen molar-refractivity contribution in [3.05, 3.63) is 47.4 Å². The molecule has 0 saturated carbocycles. The minimum absolute atomic E-state index is 0.142. The summed E-state index contributed by atoms with van der Waals surface area (Å²) >= 11 is 6.14. The van der Waals surface area contributed by atoms with E-state index in [9.17, 15) is 13.2 Å². The lowest BCUT2D eigenvalue weighted by atomic mass is 10.2. The molecule has 146 valence electrons. The zero-order valence-electron chi connectivity index (χ0n) is 14.9. The molecule has 1 aliphatic rings. The average Bonchev–Trinajstić information content (AvgIpc) is 3.17. The number of sulfonamides is 1. The number of hydrogen-bond donors (Lipinski definition) is 2. The summed E-state index contributed by atoms with van der Waals surface area (Å²) in [5.74, 6) is 0.506. The third-order valence-electron chi connectivity index (χ3n) is 4.42. The molecule has 1 amide bonds. The maximum Gasteiger partial charge on any atom is 0.279 e. The number of quaternary nitrogens is 1. The van der Waals surface area contributed by atoms with Crippen LogP contribution in [-0.4, -0.2) is 38.3 Å². The Balaban J connectivity index is 1.65. The Morgan fingerprint density at radius 1 is 1.22 bits per heavy atom. The van der Waals surface area contributed by atoms with Gasteiger partial charge in [-0.3, -0.25) is 4.79 Å². The predicted octanol–water partition coefficient (Wildman–Crippen LogP) is 1.81. The molecule has 1 saturated heterocycles. The molecule has 0 atom stereocenters. The zero-order chi connectivity index (χ0) is 19.3. The predicted molar refractivity (Wildman–Crippen MR) is 102 cm³/mol. The number of benzene rings is 1. The van der Waals surface area contributed by atoms with Gasteiger partial charge in [-0.05, 0) is 43.2 Å². The SMILES string of the molecule is O=C(C[NH2+]Cc1ccco1)Nc1cc(S(=O)(=O)N2CCCCC2)ccc1Cl. The van der Waals surface area contributed by atoms with E-state index in [2.05, 4.69) is 5.32 Å². The number of rotatable bonds is 7. The van der Waals surface area contributed by atoms with Crippen LogP contribution in [0.2, 0.25) is 5.02 Å². The molecule has 0 radical (unpaired) electrons. The number of carbonyl (C=O) groups is 1. The first-order valence-electron chi connectivity index (χ1n) is 8.90. The molecule has 3 rings (SSSR count). The van der Waals surface area contributed by atoms with Gasteiger partial charge in [0.1, 0.15) is 6.54 Å². The number of furan rings is 1. The van der Waals surface area contributed by atoms with Crippen molar-refractivity contribution in [1.82, 2.24) is 4.31 Å². The van der Waals surface area contributed by atoms with Crippen LogP contribution in [0.25, 0.3) is 0 Å². The van der Waals surface area contributed by atoms with E-state index in [-0.39, 0.29) is 17.3 Å². The Labute approximate surface area is 163 Å². The number of piperidine rings is 1. The quantitative estimate of drug-likeness (QED) is 0.724. The van der Waals surface area contributed by atoms with Crippen LogP contribution in [0.5, 0.6) is 0 Å². The molecule has 1 aromatic heterocycles. The molecule has 0 unspecified atom stereocenters. The summed E-state index contributed by atoms with van der Waals surface area (Å²) in [5.41, 5.74) is 0.297. The van der Waals surface area contributed by atoms with Crippen LogP contribution in [0.4, 0.5) is 5.69 Å². The smallest absolute Gasteiger partial charge is 0.279 e. The largest absolute Gasteiger partial charge is 0.463 e. The minimum atomic E-state index is -3.58. The van der Waals surface area contributed by atoms with Gasteiger partial charge < -0.3 is 15.1 Å². The van der Waals surface area contributed by atoms with E-state index in [1.165, 1.54) is 22.5 Å². The van der Waals surface area contributed by atoms with Crippen LogP contribution in [0.3, 0.4) is 0 Å². The Bertz CT molecular complexity index is 878. The molecule has 3 N–H and O–H groups in total. The second kappa shape index (κ2) is 8.88. The van der Waals surface area contributed by atoms with Crippen LogP contribution in [0.1, 0.15) is 25.0 Å². The highest BCUT2D eigenvalue weighted by atomic mass is 35.5. The molecular weight excluding hydrogens is 390 g/mol. The van der Waals surface area contributed by atoms with E-state index in [0.717, 1.165) is 25.0 Å². The van der Waals surface area contributed by atoms with Crippen molar-refractivity contribution in [2.24, 2.45) is 0 Å². The lowest BCUT2D eigenvalue weighted by Gasteiger charge is -2.26. The third-order valence-corrected chi connectivity index (χ3v) is 6.64. The highest BCUT2D eigenvalue weighted by Gasteiger charge is 2.26. The molecule has 0 bridgehead atoms. The lowest BCUT2D eigenvalue weighted by molar-refractivity contribution is -0.661. The van der Waals surface area contributed by atoms with Gasteiger partial charge in [0.25, 0.3) is 5.91 Å². The van der Waals surface area contributed by atoms with Crippen LogP contribution in [0.15, 0.2) is 45.9 Å². The molecular formula is C18H23ClN3O4S+. The molecule has 1 aromatic carbocycles. The summed E-state index contributed by atoms with van der Waals surface area (Å²) in [6.07, 6.45) is 4.35. The standard InChI is InChI=1S/C18H22ClN3O4S/c19-16-7-6-15(27(24,25)22-8-2-1-3-9-22)11-17(16)21-18(23)13-20-12-14-5-4-10-26-14/h4-7,10-11,20H,1-3,8-9,12-13H2,(H,21,23)/p+1. The molecule has 1 fully saturated rings. The first-order valence-corrected chi connectivity index (χ1v) is 10.7. The van der Waals surface area contributed by atoms with E-state index < -0.39 is 10.0 Å². The molecule has 7 nitrogen and oxygen atoms in total. The van der Waals surface area contributed by atoms with Crippen molar-refractivity contribution in [2.75, 3.05) is 25.0 Å². The van der Waals surface area contributed by atoms with Gasteiger partial charge in [-0.2, -0.15) is 4.31 Å². The van der Waals surface area contributed by atoms with Gasteiger partial charge in [-0.15, -0.1) is 0 Å². The maximum atomic E-state index is 12.8. The monoisotopic (exact) mass is 412 g/mol. The number of carbonyl (C=O) groups excluding carboxylic acids is 1. The van der Waals surface area contributed by atoms with Crippen molar-refractivity contribution < 1.29 is 22.9 Å². The van der Waals surface area contributed by atoms with E-state index in [0.29, 0.717) is 30.3 Å². The topological polar surface area (TPSA) is 96.2 Å². The van der Waals surface area contributed by atoms with Crippen molar-refractivity contribution in [2.45, 2.75) is 30.7 Å². The maximum absolute atomic E-state index is 12.8. The molecule has 0 aliphatic carbocycles. The van der Waals surface area contributed by atoms with Crippen LogP contribution >= 0.6 is 11.6 Å². The molecule has 2 heterocycles. The third kappa shape index (κ3) is 5.10. The summed E-state index contributed by atoms with van der Waals surface area (Å²) in [4.78, 5) is 12.3. The molecule has 27 heavy (non-hydrogen) atoms. The summed E-state index contributed by atoms with van der Waals surface area (Å²) in [7, 11) is -3.58. The van der Waals surface area contributed by atoms with Crippen LogP contribution in [-0.2, 0) is 21.4 Å². The van der Waals surface area contributed by atoms with Crippen molar-refractivity contribution in [3.8, 4) is 0 Å². The minimum Gasteiger partial charge on any atom is -0.463 e. The summed E-state index contributed by atoms with van der Waals surface area (Å²) in [6, 6.07) is 8.03. The molecule has 0 spiro atoms. The van der Waals surface area contributed by atoms with Crippen molar-refractivity contribution >= 4 is 33.2 Å². The highest BCUT2D eigenvalue weighted by Crippen LogP contribution is 2.28. The number of anilines is 1. The van der Waals surface area contributed by atoms with Gasteiger partial charge in [0.05, 0.1) is 21.9 Å². The Morgan fingerprint density at radius 3 is 2.70 bits per heavy atom. The normalized spacial score (nSPS) is 15.6. The van der Waals surface area contributed by atoms with Crippen molar-refractivity contribution in [3.63, 3.8) is 0 Å². The molecule has 2 aromatic rings. The van der Waals surface area contributed by atoms with Gasteiger partial charge in [-0.25, -0.2) is 8.42 Å². The molecule has 1 aliphatic heterocycles. The fourth-order valence-electron chi connectivity index (χ4n) is 2.99. The Kier molecular flexibility index (Phi) is 6.54. The summed E-state index contributed by atoms with van der Waals surface area (Å²) in [5, 5.41) is 4.78. The second-order valence-corrected chi connectivity index (χ2v) is 8.78. The summed E-state index contributed by atoms with van der Waals surface area (Å²) in [6.45, 7) is 1.75. The number of nitrogens with two attached hydrogens (primary N) is 1. The van der Waals surface area contributed by atoms with Gasteiger partial charge >= 0.3 is 0 Å². The number of halogens is 1. The fourth-order valence-corrected chi connectivity index (χ4v) is 4.70. The second-order valence-electron chi connectivity index (χ2n) is 6.43. The Morgan fingerprint density at radius 2 is 2.00 bits per heavy atom. The van der Waals surface area contributed by atoms with E-state index in [4.69, 9.17) is 16.0 Å². The van der Waals surface area contributed by atoms with Gasteiger partial charge in [0, 0.05) is 13.1 Å². The van der Waals surface area contributed by atoms with Crippen molar-refractivity contribution in [1.29, 1.82) is 0 Å². The highest BCUT2D eigenvalue weighted by molar-refractivity contribution is 7.89.